The van der Waals surface area contributed by atoms with Gasteiger partial charge in [-0.3, -0.25) is 13.9 Å². The highest BCUT2D eigenvalue weighted by Crippen LogP contribution is 2.25. The van der Waals surface area contributed by atoms with Crippen molar-refractivity contribution in [1.82, 2.24) is 29.2 Å². The van der Waals surface area contributed by atoms with Crippen LogP contribution in [0.1, 0.15) is 16.2 Å². The Morgan fingerprint density at radius 3 is 2.49 bits per heavy atom. The van der Waals surface area contributed by atoms with Crippen molar-refractivity contribution in [2.24, 2.45) is 14.1 Å². The molecule has 2 heterocycles. The van der Waals surface area contributed by atoms with E-state index < -0.39 is 5.91 Å². The molecule has 0 aliphatic heterocycles. The molecule has 9 nitrogen and oxygen atoms in total. The highest BCUT2D eigenvalue weighted by atomic mass is 16.5. The van der Waals surface area contributed by atoms with Crippen molar-refractivity contribution >= 4 is 16.9 Å². The summed E-state index contributed by atoms with van der Waals surface area (Å²) in [5.41, 5.74) is 3.96. The topological polar surface area (TPSA) is 96.0 Å². The molecule has 5 rings (SSSR count). The van der Waals surface area contributed by atoms with Gasteiger partial charge in [0.25, 0.3) is 5.91 Å². The minimum absolute atomic E-state index is 0.0554. The third-order valence-electron chi connectivity index (χ3n) is 5.93. The number of carbonyl (C=O) groups excluding carboxylic acids is 1. The van der Waals surface area contributed by atoms with Crippen LogP contribution >= 0.6 is 0 Å². The molecule has 3 aromatic carbocycles. The molecular weight excluding hydrogens is 444 g/mol. The smallest absolute Gasteiger partial charge is 0.328 e. The summed E-state index contributed by atoms with van der Waals surface area (Å²) in [6.07, 6.45) is 0. The van der Waals surface area contributed by atoms with E-state index in [2.05, 4.69) is 15.4 Å². The normalized spacial score (nSPS) is 11.1. The lowest BCUT2D eigenvalue weighted by Gasteiger charge is -2.07. The standard InChI is InChI=1S/C26H24N6O3/c1-30-21-13-12-17(14-22(21)31(2)26(30)34)16-27-25(33)23-28-24(18-8-7-11-20(15-18)35-3)32(29-23)19-9-5-4-6-10-19/h4-15H,16H2,1-3H3,(H,27,33). The molecule has 0 spiro atoms. The second kappa shape index (κ2) is 8.94. The first kappa shape index (κ1) is 22.1. The number of ether oxygens (including phenoxy) is 1. The van der Waals surface area contributed by atoms with Crippen molar-refractivity contribution in [2.75, 3.05) is 7.11 Å². The van der Waals surface area contributed by atoms with Gasteiger partial charge in [0.2, 0.25) is 5.82 Å². The Kier molecular flexibility index (Phi) is 5.66. The van der Waals surface area contributed by atoms with E-state index in [1.807, 2.05) is 72.8 Å². The number of hydrogen-bond donors (Lipinski definition) is 1. The molecule has 0 radical (unpaired) electrons. The summed E-state index contributed by atoms with van der Waals surface area (Å²) in [4.78, 5) is 29.8. The van der Waals surface area contributed by atoms with Crippen molar-refractivity contribution in [3.05, 3.63) is 94.7 Å². The predicted octanol–water partition coefficient (Wildman–Crippen LogP) is 3.06. The molecule has 176 valence electrons. The maximum atomic E-state index is 13.0. The second-order valence-corrected chi connectivity index (χ2v) is 8.14. The summed E-state index contributed by atoms with van der Waals surface area (Å²) in [6.45, 7) is 0.270. The summed E-state index contributed by atoms with van der Waals surface area (Å²) in [5, 5.41) is 7.40. The molecule has 5 aromatic rings. The Morgan fingerprint density at radius 2 is 1.71 bits per heavy atom. The lowest BCUT2D eigenvalue weighted by atomic mass is 10.2. The van der Waals surface area contributed by atoms with Crippen molar-refractivity contribution in [2.45, 2.75) is 6.54 Å². The van der Waals surface area contributed by atoms with Crippen LogP contribution in [0.5, 0.6) is 5.75 Å². The van der Waals surface area contributed by atoms with Crippen LogP contribution in [0.3, 0.4) is 0 Å². The van der Waals surface area contributed by atoms with Crippen LogP contribution in [-0.4, -0.2) is 36.9 Å². The van der Waals surface area contributed by atoms with E-state index in [0.29, 0.717) is 11.6 Å². The van der Waals surface area contributed by atoms with Crippen molar-refractivity contribution < 1.29 is 9.53 Å². The fourth-order valence-electron chi connectivity index (χ4n) is 4.03. The van der Waals surface area contributed by atoms with Gasteiger partial charge < -0.3 is 10.1 Å². The molecule has 0 fully saturated rings. The fourth-order valence-corrected chi connectivity index (χ4v) is 4.03. The number of aryl methyl sites for hydroxylation is 2. The zero-order valence-corrected chi connectivity index (χ0v) is 19.6. The van der Waals surface area contributed by atoms with Gasteiger partial charge >= 0.3 is 5.69 Å². The molecule has 1 amide bonds. The Balaban J connectivity index is 1.45. The number of hydrogen-bond acceptors (Lipinski definition) is 5. The second-order valence-electron chi connectivity index (χ2n) is 8.14. The lowest BCUT2D eigenvalue weighted by molar-refractivity contribution is 0.0940. The molecule has 2 aromatic heterocycles. The molecule has 35 heavy (non-hydrogen) atoms. The lowest BCUT2D eigenvalue weighted by Crippen LogP contribution is -2.24. The van der Waals surface area contributed by atoms with Crippen LogP contribution in [0.25, 0.3) is 28.1 Å². The molecule has 0 bridgehead atoms. The minimum Gasteiger partial charge on any atom is -0.497 e. The van der Waals surface area contributed by atoms with E-state index in [9.17, 15) is 9.59 Å². The number of imidazole rings is 1. The van der Waals surface area contributed by atoms with Gasteiger partial charge in [-0.1, -0.05) is 36.4 Å². The fraction of sp³-hybridized carbons (Fsp3) is 0.154. The van der Waals surface area contributed by atoms with Crippen LogP contribution in [0.15, 0.2) is 77.6 Å². The number of fused-ring (bicyclic) bond motifs is 1. The van der Waals surface area contributed by atoms with Gasteiger partial charge in [0, 0.05) is 26.2 Å². The van der Waals surface area contributed by atoms with Crippen molar-refractivity contribution in [3.63, 3.8) is 0 Å². The van der Waals surface area contributed by atoms with Crippen molar-refractivity contribution in [1.29, 1.82) is 0 Å². The summed E-state index contributed by atoms with van der Waals surface area (Å²) in [7, 11) is 5.07. The van der Waals surface area contributed by atoms with Gasteiger partial charge in [-0.15, -0.1) is 5.10 Å². The summed E-state index contributed by atoms with van der Waals surface area (Å²) in [6, 6.07) is 22.6. The molecule has 1 N–H and O–H groups in total. The third kappa shape index (κ3) is 4.08. The Hall–Kier alpha value is -4.66. The summed E-state index contributed by atoms with van der Waals surface area (Å²) >= 11 is 0. The first-order chi connectivity index (χ1) is 17.0. The van der Waals surface area contributed by atoms with E-state index in [0.717, 1.165) is 27.8 Å². The van der Waals surface area contributed by atoms with Crippen LogP contribution in [-0.2, 0) is 20.6 Å². The molecule has 0 saturated carbocycles. The predicted molar refractivity (Wildman–Crippen MR) is 133 cm³/mol. The number of rotatable bonds is 6. The Morgan fingerprint density at radius 1 is 0.943 bits per heavy atom. The average molecular weight is 469 g/mol. The Labute approximate surface area is 201 Å². The third-order valence-corrected chi connectivity index (χ3v) is 5.93. The van der Waals surface area contributed by atoms with Gasteiger partial charge in [0.05, 0.1) is 23.8 Å². The number of methoxy groups -OCH3 is 1. The number of aromatic nitrogens is 5. The Bertz CT molecular complexity index is 1600. The highest BCUT2D eigenvalue weighted by Gasteiger charge is 2.19. The molecule has 0 aliphatic rings. The van der Waals surface area contributed by atoms with E-state index in [1.165, 1.54) is 0 Å². The van der Waals surface area contributed by atoms with Crippen LogP contribution in [0.2, 0.25) is 0 Å². The van der Waals surface area contributed by atoms with Gasteiger partial charge in [-0.25, -0.2) is 14.5 Å². The zero-order chi connectivity index (χ0) is 24.5. The molecule has 0 saturated heterocycles. The van der Waals surface area contributed by atoms with Gasteiger partial charge in [-0.05, 0) is 42.0 Å². The number of amides is 1. The SMILES string of the molecule is COc1cccc(-c2nc(C(=O)NCc3ccc4c(c3)n(C)c(=O)n4C)nn2-c2ccccc2)c1. The maximum Gasteiger partial charge on any atom is 0.328 e. The van der Waals surface area contributed by atoms with Crippen molar-refractivity contribution in [3.8, 4) is 22.8 Å². The average Bonchev–Trinajstić information content (AvgIpc) is 3.44. The number of nitrogens with one attached hydrogen (secondary N) is 1. The van der Waals surface area contributed by atoms with E-state index in [1.54, 1.807) is 35.0 Å². The molecule has 0 unspecified atom stereocenters. The van der Waals surface area contributed by atoms with E-state index in [-0.39, 0.29) is 18.1 Å². The first-order valence-electron chi connectivity index (χ1n) is 11.1. The summed E-state index contributed by atoms with van der Waals surface area (Å²) in [5.74, 6) is 0.869. The van der Waals surface area contributed by atoms with Crippen LogP contribution < -0.4 is 15.7 Å². The number of carbonyl (C=O) groups is 1. The van der Waals surface area contributed by atoms with Gasteiger partial charge in [0.1, 0.15) is 5.75 Å². The summed E-state index contributed by atoms with van der Waals surface area (Å²) < 4.78 is 10.2. The molecule has 0 atom stereocenters. The first-order valence-corrected chi connectivity index (χ1v) is 11.1. The maximum absolute atomic E-state index is 13.0. The van der Waals surface area contributed by atoms with Crippen LogP contribution in [0, 0.1) is 0 Å². The van der Waals surface area contributed by atoms with Gasteiger partial charge in [-0.2, -0.15) is 0 Å². The quantitative estimate of drug-likeness (QED) is 0.413. The van der Waals surface area contributed by atoms with Gasteiger partial charge in [0.15, 0.2) is 5.82 Å². The minimum atomic E-state index is -0.397. The number of nitrogens with zero attached hydrogens (tertiary/aromatic N) is 5. The van der Waals surface area contributed by atoms with E-state index >= 15 is 0 Å². The number of para-hydroxylation sites is 1. The van der Waals surface area contributed by atoms with E-state index in [4.69, 9.17) is 4.74 Å². The van der Waals surface area contributed by atoms with Crippen LogP contribution in [0.4, 0.5) is 0 Å². The number of benzene rings is 3. The largest absolute Gasteiger partial charge is 0.497 e. The monoisotopic (exact) mass is 468 g/mol. The molecular formula is C26H24N6O3. The molecule has 9 heteroatoms. The molecule has 0 aliphatic carbocycles. The zero-order valence-electron chi connectivity index (χ0n) is 19.6. The highest BCUT2D eigenvalue weighted by molar-refractivity contribution is 5.91.